The number of carbonyl (C=O) groups excluding carboxylic acids is 1. The quantitative estimate of drug-likeness (QED) is 0.612. The lowest BCUT2D eigenvalue weighted by Gasteiger charge is -2.17. The Balaban J connectivity index is 1.73. The van der Waals surface area contributed by atoms with Crippen molar-refractivity contribution in [2.75, 3.05) is 22.9 Å². The predicted octanol–water partition coefficient (Wildman–Crippen LogP) is 4.42. The van der Waals surface area contributed by atoms with Crippen molar-refractivity contribution in [3.05, 3.63) is 48.0 Å². The van der Waals surface area contributed by atoms with Crippen molar-refractivity contribution in [2.24, 2.45) is 0 Å². The Morgan fingerprint density at radius 3 is 2.53 bits per heavy atom. The molecular formula is C22H28N2O5S. The fourth-order valence-electron chi connectivity index (χ4n) is 3.46. The van der Waals surface area contributed by atoms with Gasteiger partial charge >= 0.3 is 0 Å². The fourth-order valence-corrected chi connectivity index (χ4v) is 4.58. The number of benzene rings is 2. The molecule has 0 bridgehead atoms. The lowest BCUT2D eigenvalue weighted by molar-refractivity contribution is 0.102. The molecule has 1 aliphatic carbocycles. The van der Waals surface area contributed by atoms with Gasteiger partial charge in [0.2, 0.25) is 10.0 Å². The molecule has 1 fully saturated rings. The van der Waals surface area contributed by atoms with Gasteiger partial charge in [0, 0.05) is 23.0 Å². The summed E-state index contributed by atoms with van der Waals surface area (Å²) in [5.41, 5.74) is 1.28. The van der Waals surface area contributed by atoms with E-state index in [9.17, 15) is 13.2 Å². The minimum Gasteiger partial charge on any atom is -0.493 e. The number of carbonyl (C=O) groups is 1. The lowest BCUT2D eigenvalue weighted by atomic mass is 10.2. The summed E-state index contributed by atoms with van der Waals surface area (Å²) in [6, 6.07) is 11.7. The molecule has 0 atom stereocenters. The van der Waals surface area contributed by atoms with Crippen LogP contribution in [-0.2, 0) is 10.0 Å². The molecule has 2 aromatic rings. The van der Waals surface area contributed by atoms with Crippen LogP contribution in [0.4, 0.5) is 11.4 Å². The Bertz CT molecular complexity index is 985. The molecule has 30 heavy (non-hydrogen) atoms. The van der Waals surface area contributed by atoms with Gasteiger partial charge in [-0.05, 0) is 62.4 Å². The highest BCUT2D eigenvalue weighted by Gasteiger charge is 2.19. The highest BCUT2D eigenvalue weighted by atomic mass is 32.2. The molecule has 1 amide bonds. The van der Waals surface area contributed by atoms with E-state index in [0.717, 1.165) is 25.7 Å². The van der Waals surface area contributed by atoms with Crippen LogP contribution in [0.3, 0.4) is 0 Å². The van der Waals surface area contributed by atoms with Gasteiger partial charge in [-0.25, -0.2) is 8.42 Å². The minimum absolute atomic E-state index is 0.0268. The van der Waals surface area contributed by atoms with Gasteiger partial charge in [-0.2, -0.15) is 0 Å². The van der Waals surface area contributed by atoms with Crippen molar-refractivity contribution >= 4 is 27.3 Å². The van der Waals surface area contributed by atoms with Gasteiger partial charge in [-0.15, -0.1) is 0 Å². The highest BCUT2D eigenvalue weighted by molar-refractivity contribution is 7.92. The van der Waals surface area contributed by atoms with Gasteiger partial charge in [0.25, 0.3) is 5.91 Å². The molecule has 2 aromatic carbocycles. The number of methoxy groups -OCH3 is 1. The zero-order valence-corrected chi connectivity index (χ0v) is 18.1. The molecule has 1 saturated carbocycles. The zero-order valence-electron chi connectivity index (χ0n) is 17.3. The van der Waals surface area contributed by atoms with Crippen LogP contribution in [0.5, 0.6) is 11.5 Å². The Labute approximate surface area is 177 Å². The third-order valence-corrected chi connectivity index (χ3v) is 6.38. The number of anilines is 2. The van der Waals surface area contributed by atoms with Crippen molar-refractivity contribution in [1.82, 2.24) is 0 Å². The molecule has 0 radical (unpaired) electrons. The first kappa shape index (κ1) is 22.0. The van der Waals surface area contributed by atoms with Crippen LogP contribution in [0, 0.1) is 0 Å². The summed E-state index contributed by atoms with van der Waals surface area (Å²) in [6.07, 6.45) is 5.01. The van der Waals surface area contributed by atoms with Crippen LogP contribution >= 0.6 is 0 Å². The lowest BCUT2D eigenvalue weighted by Crippen LogP contribution is -2.17. The zero-order chi connectivity index (χ0) is 21.6. The standard InChI is InChI=1S/C22H28N2O5S/c1-3-13-30(26,27)24-18-8-6-7-16(14-18)22(25)23-17-11-12-20(28-2)21(15-17)29-19-9-4-5-10-19/h6-8,11-12,14-15,19,24H,3-5,9-10,13H2,1-2H3,(H,23,25). The van der Waals surface area contributed by atoms with E-state index in [1.54, 1.807) is 50.4 Å². The monoisotopic (exact) mass is 432 g/mol. The van der Waals surface area contributed by atoms with Gasteiger partial charge < -0.3 is 14.8 Å². The van der Waals surface area contributed by atoms with Crippen molar-refractivity contribution in [3.63, 3.8) is 0 Å². The Morgan fingerprint density at radius 2 is 1.83 bits per heavy atom. The molecule has 0 spiro atoms. The van der Waals surface area contributed by atoms with Crippen molar-refractivity contribution in [3.8, 4) is 11.5 Å². The van der Waals surface area contributed by atoms with E-state index in [0.29, 0.717) is 34.9 Å². The fraction of sp³-hybridized carbons (Fsp3) is 0.409. The Morgan fingerprint density at radius 1 is 1.07 bits per heavy atom. The second kappa shape index (κ2) is 9.84. The number of ether oxygens (including phenoxy) is 2. The topological polar surface area (TPSA) is 93.7 Å². The summed E-state index contributed by atoms with van der Waals surface area (Å²) in [5.74, 6) is 0.901. The van der Waals surface area contributed by atoms with E-state index < -0.39 is 10.0 Å². The third-order valence-electron chi connectivity index (χ3n) is 4.89. The summed E-state index contributed by atoms with van der Waals surface area (Å²) in [7, 11) is -1.84. The van der Waals surface area contributed by atoms with Crippen molar-refractivity contribution in [1.29, 1.82) is 0 Å². The number of sulfonamides is 1. The SMILES string of the molecule is CCCS(=O)(=O)Nc1cccc(C(=O)Nc2ccc(OC)c(OC3CCCC3)c2)c1. The number of rotatable bonds is 9. The van der Waals surface area contributed by atoms with Crippen molar-refractivity contribution < 1.29 is 22.7 Å². The van der Waals surface area contributed by atoms with Gasteiger partial charge in [0.1, 0.15) is 0 Å². The second-order valence-electron chi connectivity index (χ2n) is 7.35. The van der Waals surface area contributed by atoms with E-state index in [1.807, 2.05) is 0 Å². The molecule has 8 heteroatoms. The Hall–Kier alpha value is -2.74. The number of hydrogen-bond acceptors (Lipinski definition) is 5. The first-order chi connectivity index (χ1) is 14.4. The largest absolute Gasteiger partial charge is 0.493 e. The average molecular weight is 433 g/mol. The molecule has 0 unspecified atom stereocenters. The van der Waals surface area contributed by atoms with Crippen molar-refractivity contribution in [2.45, 2.75) is 45.1 Å². The van der Waals surface area contributed by atoms with Gasteiger partial charge in [0.05, 0.1) is 19.0 Å². The second-order valence-corrected chi connectivity index (χ2v) is 9.19. The molecule has 3 rings (SSSR count). The number of hydrogen-bond donors (Lipinski definition) is 2. The predicted molar refractivity (Wildman–Crippen MR) is 118 cm³/mol. The third kappa shape index (κ3) is 5.89. The van der Waals surface area contributed by atoms with Crippen LogP contribution in [0.2, 0.25) is 0 Å². The van der Waals surface area contributed by atoms with Crippen LogP contribution in [0.15, 0.2) is 42.5 Å². The molecule has 0 saturated heterocycles. The van der Waals surface area contributed by atoms with E-state index in [1.165, 1.54) is 6.07 Å². The van der Waals surface area contributed by atoms with Crippen LogP contribution in [0.25, 0.3) is 0 Å². The molecule has 0 heterocycles. The first-order valence-electron chi connectivity index (χ1n) is 10.2. The molecule has 162 valence electrons. The molecular weight excluding hydrogens is 404 g/mol. The van der Waals surface area contributed by atoms with E-state index >= 15 is 0 Å². The summed E-state index contributed by atoms with van der Waals surface area (Å²) >= 11 is 0. The number of nitrogens with one attached hydrogen (secondary N) is 2. The summed E-state index contributed by atoms with van der Waals surface area (Å²) < 4.78 is 37.9. The van der Waals surface area contributed by atoms with E-state index in [4.69, 9.17) is 9.47 Å². The van der Waals surface area contributed by atoms with E-state index in [-0.39, 0.29) is 17.8 Å². The van der Waals surface area contributed by atoms with E-state index in [2.05, 4.69) is 10.0 Å². The normalized spacial score (nSPS) is 14.3. The molecule has 0 aliphatic heterocycles. The maximum atomic E-state index is 12.7. The molecule has 1 aliphatic rings. The summed E-state index contributed by atoms with van der Waals surface area (Å²) in [4.78, 5) is 12.7. The van der Waals surface area contributed by atoms with Crippen LogP contribution < -0.4 is 19.5 Å². The average Bonchev–Trinajstić information content (AvgIpc) is 3.21. The van der Waals surface area contributed by atoms with Crippen LogP contribution in [0.1, 0.15) is 49.4 Å². The minimum atomic E-state index is -3.42. The maximum Gasteiger partial charge on any atom is 0.255 e. The smallest absolute Gasteiger partial charge is 0.255 e. The van der Waals surface area contributed by atoms with Crippen LogP contribution in [-0.4, -0.2) is 33.3 Å². The maximum absolute atomic E-state index is 12.7. The number of amides is 1. The van der Waals surface area contributed by atoms with Gasteiger partial charge in [-0.1, -0.05) is 13.0 Å². The highest BCUT2D eigenvalue weighted by Crippen LogP contribution is 2.34. The first-order valence-corrected chi connectivity index (χ1v) is 11.8. The van der Waals surface area contributed by atoms with Gasteiger partial charge in [-0.3, -0.25) is 9.52 Å². The summed E-state index contributed by atoms with van der Waals surface area (Å²) in [5, 5.41) is 2.84. The summed E-state index contributed by atoms with van der Waals surface area (Å²) in [6.45, 7) is 1.79. The molecule has 7 nitrogen and oxygen atoms in total. The Kier molecular flexibility index (Phi) is 7.20. The molecule has 2 N–H and O–H groups in total. The van der Waals surface area contributed by atoms with Gasteiger partial charge in [0.15, 0.2) is 11.5 Å². The molecule has 0 aromatic heterocycles.